The Morgan fingerprint density at radius 2 is 1.56 bits per heavy atom. The molecule has 0 aliphatic heterocycles. The zero-order chi connectivity index (χ0) is 18.6. The summed E-state index contributed by atoms with van der Waals surface area (Å²) in [4.78, 5) is 29.7. The molecule has 2 aromatic carbocycles. The van der Waals surface area contributed by atoms with Crippen molar-refractivity contribution in [1.82, 2.24) is 15.6 Å². The highest BCUT2D eigenvalue weighted by Gasteiger charge is 2.23. The molecular formula is C22H21N3O2. The minimum absolute atomic E-state index is 0.0966. The standard InChI is InChI=1S/C22H21N3O2/c26-21(15-7-2-1-3-8-15)23-13-14-24-22(27)20-16-9-4-5-11-18(16)25-19-12-6-10-17(19)20/h1-5,7-9,11H,6,10,12-14H2,(H,23,26)(H,24,27). The summed E-state index contributed by atoms with van der Waals surface area (Å²) in [6, 6.07) is 16.8. The van der Waals surface area contributed by atoms with Gasteiger partial charge in [0.05, 0.1) is 11.1 Å². The van der Waals surface area contributed by atoms with Gasteiger partial charge in [-0.3, -0.25) is 14.6 Å². The third kappa shape index (κ3) is 3.53. The molecule has 5 heteroatoms. The number of fused-ring (bicyclic) bond motifs is 2. The summed E-state index contributed by atoms with van der Waals surface area (Å²) >= 11 is 0. The van der Waals surface area contributed by atoms with Crippen molar-refractivity contribution < 1.29 is 9.59 Å². The van der Waals surface area contributed by atoms with Gasteiger partial charge in [0.1, 0.15) is 0 Å². The van der Waals surface area contributed by atoms with Crippen LogP contribution in [-0.4, -0.2) is 29.9 Å². The van der Waals surface area contributed by atoms with E-state index in [1.54, 1.807) is 12.1 Å². The van der Waals surface area contributed by atoms with Gasteiger partial charge in [-0.15, -0.1) is 0 Å². The largest absolute Gasteiger partial charge is 0.350 e. The summed E-state index contributed by atoms with van der Waals surface area (Å²) in [6.45, 7) is 0.757. The Bertz CT molecular complexity index is 999. The molecule has 0 fully saturated rings. The predicted octanol–water partition coefficient (Wildman–Crippen LogP) is 2.88. The molecule has 4 rings (SSSR count). The fraction of sp³-hybridized carbons (Fsp3) is 0.227. The molecule has 1 aliphatic carbocycles. The van der Waals surface area contributed by atoms with Gasteiger partial charge in [0.25, 0.3) is 11.8 Å². The Balaban J connectivity index is 1.44. The minimum atomic E-state index is -0.139. The maximum absolute atomic E-state index is 12.9. The number of para-hydroxylation sites is 1. The summed E-state index contributed by atoms with van der Waals surface area (Å²) in [7, 11) is 0. The first-order valence-corrected chi connectivity index (χ1v) is 9.26. The lowest BCUT2D eigenvalue weighted by atomic mass is 10.0. The number of nitrogens with zero attached hydrogens (tertiary/aromatic N) is 1. The fourth-order valence-corrected chi connectivity index (χ4v) is 3.60. The lowest BCUT2D eigenvalue weighted by Crippen LogP contribution is -2.35. The second-order valence-electron chi connectivity index (χ2n) is 6.66. The van der Waals surface area contributed by atoms with Crippen LogP contribution in [0.3, 0.4) is 0 Å². The van der Waals surface area contributed by atoms with E-state index >= 15 is 0 Å². The Kier molecular flexibility index (Phi) is 4.83. The summed E-state index contributed by atoms with van der Waals surface area (Å²) in [5, 5.41) is 6.67. The summed E-state index contributed by atoms with van der Waals surface area (Å²) in [6.07, 6.45) is 2.85. The van der Waals surface area contributed by atoms with Crippen LogP contribution in [0.1, 0.15) is 38.4 Å². The topological polar surface area (TPSA) is 71.1 Å². The number of rotatable bonds is 5. The molecule has 3 aromatic rings. The van der Waals surface area contributed by atoms with Gasteiger partial charge in [0.2, 0.25) is 0 Å². The Hall–Kier alpha value is -3.21. The highest BCUT2D eigenvalue weighted by molar-refractivity contribution is 6.07. The van der Waals surface area contributed by atoms with Crippen molar-refractivity contribution >= 4 is 22.7 Å². The molecule has 1 aliphatic rings. The van der Waals surface area contributed by atoms with Gasteiger partial charge in [0, 0.05) is 29.7 Å². The van der Waals surface area contributed by atoms with Crippen LogP contribution in [0.25, 0.3) is 10.9 Å². The number of aromatic nitrogens is 1. The van der Waals surface area contributed by atoms with Gasteiger partial charge in [-0.25, -0.2) is 0 Å². The lowest BCUT2D eigenvalue weighted by Gasteiger charge is -2.13. The normalized spacial score (nSPS) is 12.6. The maximum Gasteiger partial charge on any atom is 0.252 e. The van der Waals surface area contributed by atoms with Crippen molar-refractivity contribution in [3.8, 4) is 0 Å². The molecule has 0 spiro atoms. The van der Waals surface area contributed by atoms with E-state index in [0.29, 0.717) is 18.7 Å². The highest BCUT2D eigenvalue weighted by atomic mass is 16.2. The van der Waals surface area contributed by atoms with Crippen LogP contribution < -0.4 is 10.6 Å². The van der Waals surface area contributed by atoms with Crippen molar-refractivity contribution in [1.29, 1.82) is 0 Å². The number of hydrogen-bond acceptors (Lipinski definition) is 3. The van der Waals surface area contributed by atoms with Crippen LogP contribution in [0.15, 0.2) is 54.6 Å². The lowest BCUT2D eigenvalue weighted by molar-refractivity contribution is 0.0928. The third-order valence-corrected chi connectivity index (χ3v) is 4.88. The van der Waals surface area contributed by atoms with E-state index < -0.39 is 0 Å². The Morgan fingerprint density at radius 1 is 0.852 bits per heavy atom. The first-order valence-electron chi connectivity index (χ1n) is 9.26. The number of aryl methyl sites for hydroxylation is 1. The third-order valence-electron chi connectivity index (χ3n) is 4.88. The van der Waals surface area contributed by atoms with E-state index in [2.05, 4.69) is 10.6 Å². The average Bonchev–Trinajstić information content (AvgIpc) is 3.17. The second kappa shape index (κ2) is 7.58. The highest BCUT2D eigenvalue weighted by Crippen LogP contribution is 2.29. The number of hydrogen-bond donors (Lipinski definition) is 2. The van der Waals surface area contributed by atoms with Gasteiger partial charge in [-0.05, 0) is 43.0 Å². The second-order valence-corrected chi connectivity index (χ2v) is 6.66. The number of carbonyl (C=O) groups is 2. The molecule has 1 heterocycles. The zero-order valence-electron chi connectivity index (χ0n) is 15.0. The number of carbonyl (C=O) groups excluding carboxylic acids is 2. The molecule has 0 saturated heterocycles. The first-order chi connectivity index (χ1) is 13.2. The van der Waals surface area contributed by atoms with E-state index in [0.717, 1.165) is 47.0 Å². The van der Waals surface area contributed by atoms with Crippen LogP contribution in [0.5, 0.6) is 0 Å². The number of benzene rings is 2. The number of amides is 2. The molecule has 2 N–H and O–H groups in total. The van der Waals surface area contributed by atoms with Crippen molar-refractivity contribution in [2.75, 3.05) is 13.1 Å². The SMILES string of the molecule is O=C(NCCNC(=O)c1c2c(nc3ccccc13)CCC2)c1ccccc1. The van der Waals surface area contributed by atoms with Crippen LogP contribution in [0.2, 0.25) is 0 Å². The molecule has 1 aromatic heterocycles. The molecule has 0 atom stereocenters. The van der Waals surface area contributed by atoms with Crippen LogP contribution in [-0.2, 0) is 12.8 Å². The summed E-state index contributed by atoms with van der Waals surface area (Å²) in [5.74, 6) is -0.235. The van der Waals surface area contributed by atoms with E-state index in [-0.39, 0.29) is 11.8 Å². The number of pyridine rings is 1. The smallest absolute Gasteiger partial charge is 0.252 e. The van der Waals surface area contributed by atoms with Gasteiger partial charge in [-0.2, -0.15) is 0 Å². The van der Waals surface area contributed by atoms with Crippen molar-refractivity contribution in [2.24, 2.45) is 0 Å². The van der Waals surface area contributed by atoms with Gasteiger partial charge >= 0.3 is 0 Å². The van der Waals surface area contributed by atoms with E-state index in [4.69, 9.17) is 4.98 Å². The Labute approximate surface area is 157 Å². The maximum atomic E-state index is 12.9. The quantitative estimate of drug-likeness (QED) is 0.688. The Morgan fingerprint density at radius 3 is 2.37 bits per heavy atom. The van der Waals surface area contributed by atoms with E-state index in [9.17, 15) is 9.59 Å². The predicted molar refractivity (Wildman–Crippen MR) is 105 cm³/mol. The van der Waals surface area contributed by atoms with Crippen molar-refractivity contribution in [3.63, 3.8) is 0 Å². The first kappa shape index (κ1) is 17.2. The molecule has 27 heavy (non-hydrogen) atoms. The monoisotopic (exact) mass is 359 g/mol. The molecule has 0 bridgehead atoms. The zero-order valence-corrected chi connectivity index (χ0v) is 15.0. The van der Waals surface area contributed by atoms with Crippen LogP contribution in [0, 0.1) is 0 Å². The van der Waals surface area contributed by atoms with Crippen molar-refractivity contribution in [2.45, 2.75) is 19.3 Å². The van der Waals surface area contributed by atoms with Crippen LogP contribution >= 0.6 is 0 Å². The van der Waals surface area contributed by atoms with E-state index in [1.807, 2.05) is 42.5 Å². The number of nitrogens with one attached hydrogen (secondary N) is 2. The fourth-order valence-electron chi connectivity index (χ4n) is 3.60. The summed E-state index contributed by atoms with van der Waals surface area (Å²) in [5.41, 5.74) is 4.32. The molecule has 0 saturated carbocycles. The van der Waals surface area contributed by atoms with Crippen molar-refractivity contribution in [3.05, 3.63) is 77.0 Å². The molecule has 0 radical (unpaired) electrons. The molecule has 5 nitrogen and oxygen atoms in total. The molecule has 2 amide bonds. The average molecular weight is 359 g/mol. The van der Waals surface area contributed by atoms with Gasteiger partial charge in [0.15, 0.2) is 0 Å². The summed E-state index contributed by atoms with van der Waals surface area (Å²) < 4.78 is 0. The van der Waals surface area contributed by atoms with E-state index in [1.165, 1.54) is 0 Å². The molecular weight excluding hydrogens is 338 g/mol. The van der Waals surface area contributed by atoms with Crippen LogP contribution in [0.4, 0.5) is 0 Å². The van der Waals surface area contributed by atoms with Gasteiger partial charge < -0.3 is 10.6 Å². The van der Waals surface area contributed by atoms with Gasteiger partial charge in [-0.1, -0.05) is 36.4 Å². The minimum Gasteiger partial charge on any atom is -0.350 e. The molecule has 136 valence electrons. The molecule has 0 unspecified atom stereocenters.